The third-order valence-corrected chi connectivity index (χ3v) is 3.12. The van der Waals surface area contributed by atoms with Crippen molar-refractivity contribution >= 4 is 5.78 Å². The predicted octanol–water partition coefficient (Wildman–Crippen LogP) is 1.70. The molecule has 1 rings (SSSR count). The van der Waals surface area contributed by atoms with E-state index in [9.17, 15) is 4.79 Å². The monoisotopic (exact) mass is 193 g/mol. The van der Waals surface area contributed by atoms with E-state index in [-0.39, 0.29) is 17.5 Å². The van der Waals surface area contributed by atoms with Gasteiger partial charge in [0.25, 0.3) is 0 Å². The van der Waals surface area contributed by atoms with Crippen LogP contribution < -0.4 is 0 Å². The average molecular weight is 193 g/mol. The molecule has 1 aliphatic heterocycles. The van der Waals surface area contributed by atoms with Crippen molar-refractivity contribution in [2.45, 2.75) is 45.7 Å². The van der Waals surface area contributed by atoms with E-state index < -0.39 is 0 Å². The lowest BCUT2D eigenvalue weighted by Gasteiger charge is -2.43. The van der Waals surface area contributed by atoms with Crippen molar-refractivity contribution in [1.82, 2.24) is 4.90 Å². The van der Waals surface area contributed by atoms with Crippen LogP contribution >= 0.6 is 0 Å². The number of hydrogen-bond acceptors (Lipinski definition) is 2. The number of hydrogen-bond donors (Lipinski definition) is 0. The SMILES string of the molecule is C#CC(C)(C)N1C[C@H](C)C(=O)C[C@@H]1C. The molecule has 0 unspecified atom stereocenters. The van der Waals surface area contributed by atoms with Gasteiger partial charge in [0.05, 0.1) is 5.54 Å². The van der Waals surface area contributed by atoms with Gasteiger partial charge < -0.3 is 0 Å². The average Bonchev–Trinajstić information content (AvgIpc) is 2.11. The number of piperidine rings is 1. The van der Waals surface area contributed by atoms with Gasteiger partial charge >= 0.3 is 0 Å². The molecule has 1 saturated heterocycles. The highest BCUT2D eigenvalue weighted by Gasteiger charge is 2.36. The summed E-state index contributed by atoms with van der Waals surface area (Å²) in [5.74, 6) is 3.28. The van der Waals surface area contributed by atoms with Crippen LogP contribution in [-0.4, -0.2) is 28.8 Å². The molecule has 0 aromatic heterocycles. The van der Waals surface area contributed by atoms with Crippen LogP contribution in [0.25, 0.3) is 0 Å². The Hall–Kier alpha value is -0.810. The molecule has 1 heterocycles. The van der Waals surface area contributed by atoms with Crippen LogP contribution in [0.2, 0.25) is 0 Å². The first-order valence-electron chi connectivity index (χ1n) is 5.15. The quantitative estimate of drug-likeness (QED) is 0.591. The first-order chi connectivity index (χ1) is 6.38. The number of rotatable bonds is 1. The molecule has 14 heavy (non-hydrogen) atoms. The van der Waals surface area contributed by atoms with Gasteiger partial charge in [-0.05, 0) is 20.8 Å². The molecule has 78 valence electrons. The molecule has 1 aliphatic rings. The third kappa shape index (κ3) is 1.99. The smallest absolute Gasteiger partial charge is 0.138 e. The maximum absolute atomic E-state index is 11.5. The van der Waals surface area contributed by atoms with Gasteiger partial charge in [-0.3, -0.25) is 9.69 Å². The Morgan fingerprint density at radius 3 is 2.57 bits per heavy atom. The van der Waals surface area contributed by atoms with Crippen molar-refractivity contribution in [3.63, 3.8) is 0 Å². The Bertz CT molecular complexity index is 275. The number of nitrogens with zero attached hydrogens (tertiary/aromatic N) is 1. The summed E-state index contributed by atoms with van der Waals surface area (Å²) in [5, 5.41) is 0. The molecule has 0 N–H and O–H groups in total. The highest BCUT2D eigenvalue weighted by atomic mass is 16.1. The van der Waals surface area contributed by atoms with E-state index in [4.69, 9.17) is 6.42 Å². The van der Waals surface area contributed by atoms with Crippen molar-refractivity contribution in [1.29, 1.82) is 0 Å². The zero-order valence-corrected chi connectivity index (χ0v) is 9.50. The molecule has 0 radical (unpaired) electrons. The normalized spacial score (nSPS) is 30.1. The van der Waals surface area contributed by atoms with Gasteiger partial charge in [-0.25, -0.2) is 0 Å². The highest BCUT2D eigenvalue weighted by Crippen LogP contribution is 2.26. The molecule has 0 aliphatic carbocycles. The first kappa shape index (κ1) is 11.3. The van der Waals surface area contributed by atoms with Gasteiger partial charge in [-0.15, -0.1) is 6.42 Å². The van der Waals surface area contributed by atoms with Crippen LogP contribution in [0.15, 0.2) is 0 Å². The van der Waals surface area contributed by atoms with Gasteiger partial charge in [-0.2, -0.15) is 0 Å². The van der Waals surface area contributed by atoms with Gasteiger partial charge in [0.2, 0.25) is 0 Å². The molecule has 0 amide bonds. The number of likely N-dealkylation sites (tertiary alicyclic amines) is 1. The van der Waals surface area contributed by atoms with Crippen LogP contribution in [0, 0.1) is 18.3 Å². The van der Waals surface area contributed by atoms with Crippen molar-refractivity contribution in [3.05, 3.63) is 0 Å². The minimum atomic E-state index is -0.242. The second-order valence-electron chi connectivity index (χ2n) is 4.78. The molecule has 0 saturated carbocycles. The summed E-state index contributed by atoms with van der Waals surface area (Å²) in [6.45, 7) is 8.91. The zero-order chi connectivity index (χ0) is 10.9. The van der Waals surface area contributed by atoms with Gasteiger partial charge in [0.1, 0.15) is 5.78 Å². The zero-order valence-electron chi connectivity index (χ0n) is 9.50. The molecule has 0 bridgehead atoms. The van der Waals surface area contributed by atoms with Crippen molar-refractivity contribution in [2.75, 3.05) is 6.54 Å². The van der Waals surface area contributed by atoms with E-state index in [0.717, 1.165) is 6.54 Å². The Kier molecular flexibility index (Phi) is 3.01. The minimum Gasteiger partial charge on any atom is -0.299 e. The summed E-state index contributed by atoms with van der Waals surface area (Å²) in [6, 6.07) is 0.268. The molecular formula is C12H19NO. The largest absolute Gasteiger partial charge is 0.299 e. The second kappa shape index (κ2) is 3.74. The molecular weight excluding hydrogens is 174 g/mol. The van der Waals surface area contributed by atoms with Crippen molar-refractivity contribution in [2.24, 2.45) is 5.92 Å². The number of ketones is 1. The number of terminal acetylenes is 1. The van der Waals surface area contributed by atoms with Gasteiger partial charge in [0, 0.05) is 24.9 Å². The minimum absolute atomic E-state index is 0.124. The summed E-state index contributed by atoms with van der Waals surface area (Å²) in [5.41, 5.74) is -0.242. The first-order valence-corrected chi connectivity index (χ1v) is 5.15. The van der Waals surface area contributed by atoms with Crippen LogP contribution in [0.5, 0.6) is 0 Å². The van der Waals surface area contributed by atoms with Crippen LogP contribution in [-0.2, 0) is 4.79 Å². The fourth-order valence-electron chi connectivity index (χ4n) is 2.04. The van der Waals surface area contributed by atoms with Crippen molar-refractivity contribution in [3.8, 4) is 12.3 Å². The molecule has 0 aromatic rings. The summed E-state index contributed by atoms with van der Waals surface area (Å²) in [4.78, 5) is 13.7. The molecule has 2 heteroatoms. The van der Waals surface area contributed by atoms with Crippen LogP contribution in [0.1, 0.15) is 34.1 Å². The third-order valence-electron chi connectivity index (χ3n) is 3.12. The fraction of sp³-hybridized carbons (Fsp3) is 0.750. The summed E-state index contributed by atoms with van der Waals surface area (Å²) in [7, 11) is 0. The van der Waals surface area contributed by atoms with E-state index in [1.165, 1.54) is 0 Å². The lowest BCUT2D eigenvalue weighted by Crippen LogP contribution is -2.54. The number of Topliss-reactive ketones (excluding diaryl/α,β-unsaturated/α-hetero) is 1. The summed E-state index contributed by atoms with van der Waals surface area (Å²) >= 11 is 0. The lowest BCUT2D eigenvalue weighted by atomic mass is 9.89. The molecule has 0 spiro atoms. The van der Waals surface area contributed by atoms with Crippen LogP contribution in [0.3, 0.4) is 0 Å². The summed E-state index contributed by atoms with van der Waals surface area (Å²) in [6.07, 6.45) is 6.13. The Balaban J connectivity index is 2.82. The maximum atomic E-state index is 11.5. The second-order valence-corrected chi connectivity index (χ2v) is 4.78. The maximum Gasteiger partial charge on any atom is 0.138 e. The number of carbonyl (C=O) groups excluding carboxylic acids is 1. The highest BCUT2D eigenvalue weighted by molar-refractivity contribution is 5.82. The standard InChI is InChI=1S/C12H19NO/c1-6-12(4,5)13-8-9(2)11(14)7-10(13)3/h1,9-10H,7-8H2,2-5H3/t9-,10-/m0/s1. The van der Waals surface area contributed by atoms with E-state index >= 15 is 0 Å². The van der Waals surface area contributed by atoms with E-state index in [1.54, 1.807) is 0 Å². The number of carbonyl (C=O) groups is 1. The molecule has 2 atom stereocenters. The summed E-state index contributed by atoms with van der Waals surface area (Å²) < 4.78 is 0. The molecule has 0 aromatic carbocycles. The Morgan fingerprint density at radius 2 is 2.07 bits per heavy atom. The van der Waals surface area contributed by atoms with Gasteiger partial charge in [-0.1, -0.05) is 12.8 Å². The molecule has 2 nitrogen and oxygen atoms in total. The van der Waals surface area contributed by atoms with Gasteiger partial charge in [0.15, 0.2) is 0 Å². The fourth-order valence-corrected chi connectivity index (χ4v) is 2.04. The lowest BCUT2D eigenvalue weighted by molar-refractivity contribution is -0.128. The van der Waals surface area contributed by atoms with Crippen molar-refractivity contribution < 1.29 is 4.79 Å². The van der Waals surface area contributed by atoms with E-state index in [2.05, 4.69) is 17.7 Å². The Morgan fingerprint density at radius 1 is 1.50 bits per heavy atom. The van der Waals surface area contributed by atoms with E-state index in [1.807, 2.05) is 20.8 Å². The van der Waals surface area contributed by atoms with E-state index in [0.29, 0.717) is 12.2 Å². The molecule has 1 fully saturated rings. The van der Waals surface area contributed by atoms with Crippen LogP contribution in [0.4, 0.5) is 0 Å². The Labute approximate surface area is 86.7 Å². The topological polar surface area (TPSA) is 20.3 Å². The predicted molar refractivity (Wildman–Crippen MR) is 57.9 cm³/mol.